The van der Waals surface area contributed by atoms with Crippen LogP contribution in [0.5, 0.6) is 0 Å². The third kappa shape index (κ3) is 49.8. The van der Waals surface area contributed by atoms with Crippen molar-refractivity contribution in [3.63, 3.8) is 0 Å². The summed E-state index contributed by atoms with van der Waals surface area (Å²) in [5, 5.41) is 0. The Balaban J connectivity index is 4.64. The van der Waals surface area contributed by atoms with Gasteiger partial charge in [-0.15, -0.1) is 0 Å². The summed E-state index contributed by atoms with van der Waals surface area (Å²) in [6.45, 7) is 6.09. The number of ether oxygens (including phenoxy) is 3. The van der Waals surface area contributed by atoms with Gasteiger partial charge in [0.15, 0.2) is 6.10 Å². The van der Waals surface area contributed by atoms with Gasteiger partial charge in [0.25, 0.3) is 0 Å². The molecular weight excluding hydrogens is 817 g/mol. The second kappa shape index (κ2) is 52.4. The number of allylic oxidation sites excluding steroid dienone is 28. The quantitative estimate of drug-likeness (QED) is 0.0200. The van der Waals surface area contributed by atoms with Crippen molar-refractivity contribution in [3.05, 3.63) is 170 Å². The first-order valence-corrected chi connectivity index (χ1v) is 25.2. The molecule has 0 aromatic rings. The van der Waals surface area contributed by atoms with Crippen molar-refractivity contribution in [2.24, 2.45) is 0 Å². The van der Waals surface area contributed by atoms with Crippen molar-refractivity contribution < 1.29 is 28.6 Å². The van der Waals surface area contributed by atoms with E-state index in [0.29, 0.717) is 19.3 Å². The van der Waals surface area contributed by atoms with E-state index in [9.17, 15) is 14.4 Å². The molecule has 1 atom stereocenters. The minimum atomic E-state index is -0.862. The van der Waals surface area contributed by atoms with Gasteiger partial charge < -0.3 is 14.2 Å². The monoisotopic (exact) mass is 905 g/mol. The van der Waals surface area contributed by atoms with Crippen molar-refractivity contribution in [1.82, 2.24) is 0 Å². The number of esters is 3. The molecule has 0 saturated carbocycles. The van der Waals surface area contributed by atoms with Crippen molar-refractivity contribution in [2.45, 2.75) is 175 Å². The van der Waals surface area contributed by atoms with E-state index in [1.807, 2.05) is 66.8 Å². The fourth-order valence-electron chi connectivity index (χ4n) is 5.92. The molecule has 6 nitrogen and oxygen atoms in total. The normalized spacial score (nSPS) is 13.6. The number of hydrogen-bond acceptors (Lipinski definition) is 6. The molecule has 0 aliphatic heterocycles. The van der Waals surface area contributed by atoms with Gasteiger partial charge in [0.2, 0.25) is 0 Å². The van der Waals surface area contributed by atoms with Crippen LogP contribution in [0, 0.1) is 0 Å². The predicted molar refractivity (Wildman–Crippen MR) is 283 cm³/mol. The summed E-state index contributed by atoms with van der Waals surface area (Å²) in [7, 11) is 0. The number of carbonyl (C=O) groups is 3. The topological polar surface area (TPSA) is 78.9 Å². The molecule has 0 N–H and O–H groups in total. The van der Waals surface area contributed by atoms with Crippen LogP contribution in [-0.2, 0) is 28.6 Å². The van der Waals surface area contributed by atoms with Crippen molar-refractivity contribution >= 4 is 17.9 Å². The molecule has 0 radical (unpaired) electrons. The van der Waals surface area contributed by atoms with Crippen LogP contribution in [0.2, 0.25) is 0 Å². The second-order valence-electron chi connectivity index (χ2n) is 15.7. The van der Waals surface area contributed by atoms with E-state index in [1.165, 1.54) is 12.8 Å². The molecule has 0 amide bonds. The molecule has 0 fully saturated rings. The molecule has 364 valence electrons. The zero-order chi connectivity index (χ0) is 47.9. The van der Waals surface area contributed by atoms with Crippen LogP contribution in [0.25, 0.3) is 0 Å². The smallest absolute Gasteiger partial charge is 0.306 e. The Morgan fingerprint density at radius 1 is 0.318 bits per heavy atom. The van der Waals surface area contributed by atoms with Gasteiger partial charge in [0.05, 0.1) is 0 Å². The molecule has 0 rings (SSSR count). The van der Waals surface area contributed by atoms with Crippen molar-refractivity contribution in [1.29, 1.82) is 0 Å². The lowest BCUT2D eigenvalue weighted by Crippen LogP contribution is -2.30. The molecule has 0 aliphatic carbocycles. The average Bonchev–Trinajstić information content (AvgIpc) is 3.31. The maximum atomic E-state index is 12.8. The van der Waals surface area contributed by atoms with Crippen LogP contribution in [0.4, 0.5) is 0 Å². The lowest BCUT2D eigenvalue weighted by molar-refractivity contribution is -0.166. The molecule has 0 bridgehead atoms. The fourth-order valence-corrected chi connectivity index (χ4v) is 5.92. The van der Waals surface area contributed by atoms with Crippen LogP contribution < -0.4 is 0 Å². The Kier molecular flexibility index (Phi) is 48.2. The second-order valence-corrected chi connectivity index (χ2v) is 15.7. The lowest BCUT2D eigenvalue weighted by atomic mass is 10.1. The highest BCUT2D eigenvalue weighted by Gasteiger charge is 2.19. The highest BCUT2D eigenvalue weighted by molar-refractivity contribution is 5.71. The standard InChI is InChI=1S/C60H88O6/c1-4-7-10-13-16-19-22-25-27-29-30-31-33-35-38-41-44-47-50-53-59(62)65-56-57(55-64-58(61)52-49-46-43-40-37-34-24-21-18-15-12-9-6-3)66-60(63)54-51-48-45-42-39-36-32-28-26-23-20-17-14-11-8-5-2/h7-12,15-21,24-28,30-31,34,36-37,39-40,43,45,48,57H,4-6,13-14,22-23,29,32-33,35,38,41-42,44,46-47,49-56H2,1-3H3/b10-7+,11-8+,12-9+,18-15+,19-16+,20-17+,24-21+,27-25+,28-26+,31-30+,37-34+,39-36+,43-40+,48-45+. The number of unbranched alkanes of at least 4 members (excludes halogenated alkanes) is 7. The number of rotatable bonds is 42. The molecule has 0 spiro atoms. The van der Waals surface area contributed by atoms with Gasteiger partial charge in [-0.1, -0.05) is 217 Å². The maximum absolute atomic E-state index is 12.8. The van der Waals surface area contributed by atoms with Gasteiger partial charge in [-0.2, -0.15) is 0 Å². The van der Waals surface area contributed by atoms with E-state index in [2.05, 4.69) is 124 Å². The first-order chi connectivity index (χ1) is 32.5. The molecule has 0 aromatic heterocycles. The van der Waals surface area contributed by atoms with E-state index >= 15 is 0 Å². The lowest BCUT2D eigenvalue weighted by Gasteiger charge is -2.18. The Morgan fingerprint density at radius 3 is 1.14 bits per heavy atom. The minimum absolute atomic E-state index is 0.147. The zero-order valence-electron chi connectivity index (χ0n) is 41.4. The number of hydrogen-bond donors (Lipinski definition) is 0. The summed E-state index contributed by atoms with van der Waals surface area (Å²) in [6, 6.07) is 0. The van der Waals surface area contributed by atoms with E-state index in [-0.39, 0.29) is 38.0 Å². The Hall–Kier alpha value is -5.23. The summed E-state index contributed by atoms with van der Waals surface area (Å²) >= 11 is 0. The molecule has 66 heavy (non-hydrogen) atoms. The van der Waals surface area contributed by atoms with Crippen LogP contribution >= 0.6 is 0 Å². The average molecular weight is 905 g/mol. The molecular formula is C60H88O6. The molecule has 0 saturated heterocycles. The molecule has 1 unspecified atom stereocenters. The van der Waals surface area contributed by atoms with Crippen LogP contribution in [-0.4, -0.2) is 37.2 Å². The summed E-state index contributed by atoms with van der Waals surface area (Å²) in [4.78, 5) is 37.9. The van der Waals surface area contributed by atoms with Gasteiger partial charge in [0.1, 0.15) is 13.2 Å². The minimum Gasteiger partial charge on any atom is -0.462 e. The summed E-state index contributed by atoms with van der Waals surface area (Å²) in [5.74, 6) is -1.14. The first-order valence-electron chi connectivity index (χ1n) is 25.2. The number of carbonyl (C=O) groups excluding carboxylic acids is 3. The van der Waals surface area contributed by atoms with Crippen LogP contribution in [0.15, 0.2) is 170 Å². The third-order valence-electron chi connectivity index (χ3n) is 9.59. The highest BCUT2D eigenvalue weighted by atomic mass is 16.6. The first kappa shape index (κ1) is 60.8. The largest absolute Gasteiger partial charge is 0.462 e. The van der Waals surface area contributed by atoms with Gasteiger partial charge in [-0.25, -0.2) is 0 Å². The van der Waals surface area contributed by atoms with Gasteiger partial charge in [0, 0.05) is 19.3 Å². The summed E-state index contributed by atoms with van der Waals surface area (Å²) in [5.41, 5.74) is 0. The predicted octanol–water partition coefficient (Wildman–Crippen LogP) is 16.8. The van der Waals surface area contributed by atoms with Gasteiger partial charge >= 0.3 is 17.9 Å². The Bertz CT molecular complexity index is 1600. The van der Waals surface area contributed by atoms with E-state index in [0.717, 1.165) is 103 Å². The highest BCUT2D eigenvalue weighted by Crippen LogP contribution is 2.11. The van der Waals surface area contributed by atoms with E-state index in [4.69, 9.17) is 14.2 Å². The third-order valence-corrected chi connectivity index (χ3v) is 9.59. The van der Waals surface area contributed by atoms with Crippen LogP contribution in [0.1, 0.15) is 168 Å². The fraction of sp³-hybridized carbons (Fsp3) is 0.483. The summed E-state index contributed by atoms with van der Waals surface area (Å²) < 4.78 is 16.6. The van der Waals surface area contributed by atoms with Crippen molar-refractivity contribution in [2.75, 3.05) is 13.2 Å². The summed E-state index contributed by atoms with van der Waals surface area (Å²) in [6.07, 6.45) is 77.8. The maximum Gasteiger partial charge on any atom is 0.306 e. The van der Waals surface area contributed by atoms with Gasteiger partial charge in [-0.3, -0.25) is 14.4 Å². The van der Waals surface area contributed by atoms with E-state index < -0.39 is 12.1 Å². The SMILES string of the molecule is CC/C=C/C=C/C=C/C=C/C=C/CCCC(=O)OCC(COC(=O)CCCCCCCC/C=C/C/C=C/C/C=C/C/C=C/CC)OC(=O)CC/C=C/C/C=C/C/C=C/C/C=C/C/C=C/CC. The zero-order valence-corrected chi connectivity index (χ0v) is 41.4. The van der Waals surface area contributed by atoms with E-state index in [1.54, 1.807) is 0 Å². The van der Waals surface area contributed by atoms with Crippen LogP contribution in [0.3, 0.4) is 0 Å². The molecule has 0 aliphatic rings. The van der Waals surface area contributed by atoms with Gasteiger partial charge in [-0.05, 0) is 103 Å². The Labute approximate surface area is 402 Å². The molecule has 0 heterocycles. The molecule has 0 aromatic carbocycles. The Morgan fingerprint density at radius 2 is 0.667 bits per heavy atom. The van der Waals surface area contributed by atoms with Crippen molar-refractivity contribution in [3.8, 4) is 0 Å². The molecule has 6 heteroatoms.